The fourth-order valence-electron chi connectivity index (χ4n) is 1.21. The van der Waals surface area contributed by atoms with Crippen LogP contribution in [0, 0.1) is 6.92 Å². The molecular weight excluding hydrogens is 296 g/mol. The predicted molar refractivity (Wildman–Crippen MR) is 64.6 cm³/mol. The van der Waals surface area contributed by atoms with Crippen LogP contribution >= 0.6 is 15.9 Å². The third kappa shape index (κ3) is 2.70. The second-order valence-corrected chi connectivity index (χ2v) is 6.03. The molecule has 0 spiro atoms. The van der Waals surface area contributed by atoms with Crippen LogP contribution in [0.5, 0.6) is 0 Å². The molecule has 1 heterocycles. The number of halogens is 1. The van der Waals surface area contributed by atoms with Crippen molar-refractivity contribution in [1.82, 2.24) is 9.78 Å². The normalized spacial score (nSPS) is 14.8. The van der Waals surface area contributed by atoms with Crippen molar-refractivity contribution in [1.29, 1.82) is 0 Å². The molecular formula is C9H13BrN2O3S. The summed E-state index contributed by atoms with van der Waals surface area (Å²) in [5.74, 6) is -0.862. The maximum absolute atomic E-state index is 11.7. The second kappa shape index (κ2) is 5.09. The summed E-state index contributed by atoms with van der Waals surface area (Å²) in [6.07, 6.45) is 0. The van der Waals surface area contributed by atoms with Crippen molar-refractivity contribution in [3.05, 3.63) is 15.9 Å². The molecule has 0 bridgehead atoms. The molecule has 1 aromatic rings. The Labute approximate surface area is 104 Å². The molecule has 0 radical (unpaired) electrons. The van der Waals surface area contributed by atoms with Gasteiger partial charge in [-0.15, -0.1) is 0 Å². The molecule has 16 heavy (non-hydrogen) atoms. The lowest BCUT2D eigenvalue weighted by Gasteiger charge is -2.07. The van der Waals surface area contributed by atoms with Crippen molar-refractivity contribution in [2.24, 2.45) is 7.05 Å². The Hall–Kier alpha value is -0.690. The highest BCUT2D eigenvalue weighted by atomic mass is 79.9. The van der Waals surface area contributed by atoms with Gasteiger partial charge in [0.1, 0.15) is 5.25 Å². The van der Waals surface area contributed by atoms with Gasteiger partial charge in [0.2, 0.25) is 0 Å². The number of carboxylic acids is 1. The first kappa shape index (κ1) is 13.4. The minimum Gasteiger partial charge on any atom is -0.480 e. The molecule has 2 atom stereocenters. The number of carbonyl (C=O) groups is 1. The summed E-state index contributed by atoms with van der Waals surface area (Å²) in [6, 6.07) is 0. The number of nitrogens with zero attached hydrogens (tertiary/aromatic N) is 2. The van der Waals surface area contributed by atoms with Crippen LogP contribution < -0.4 is 0 Å². The Balaban J connectivity index is 2.89. The minimum atomic E-state index is -1.44. The lowest BCUT2D eigenvalue weighted by Crippen LogP contribution is -2.23. The van der Waals surface area contributed by atoms with Crippen molar-refractivity contribution in [3.8, 4) is 0 Å². The van der Waals surface area contributed by atoms with Gasteiger partial charge in [-0.3, -0.25) is 13.7 Å². The van der Waals surface area contributed by atoms with Crippen molar-refractivity contribution in [2.45, 2.75) is 24.9 Å². The maximum Gasteiger partial charge on any atom is 0.318 e. The number of aliphatic carboxylic acids is 1. The molecule has 1 aromatic heterocycles. The second-order valence-electron chi connectivity index (χ2n) is 3.48. The van der Waals surface area contributed by atoms with Gasteiger partial charge in [-0.05, 0) is 29.8 Å². The molecule has 0 aliphatic carbocycles. The van der Waals surface area contributed by atoms with E-state index in [-0.39, 0.29) is 5.75 Å². The molecule has 7 heteroatoms. The molecule has 0 aromatic carbocycles. The first-order chi connectivity index (χ1) is 7.34. The van der Waals surface area contributed by atoms with E-state index in [1.807, 2.05) is 6.92 Å². The van der Waals surface area contributed by atoms with Gasteiger partial charge in [0, 0.05) is 17.8 Å². The quantitative estimate of drug-likeness (QED) is 0.907. The van der Waals surface area contributed by atoms with Gasteiger partial charge in [0.15, 0.2) is 0 Å². The Bertz CT molecular complexity index is 444. The average molecular weight is 309 g/mol. The molecule has 2 unspecified atom stereocenters. The van der Waals surface area contributed by atoms with Crippen LogP contribution in [0.15, 0.2) is 4.47 Å². The molecule has 0 aliphatic rings. The van der Waals surface area contributed by atoms with Gasteiger partial charge in [-0.1, -0.05) is 0 Å². The zero-order valence-electron chi connectivity index (χ0n) is 9.23. The van der Waals surface area contributed by atoms with Gasteiger partial charge in [-0.25, -0.2) is 0 Å². The summed E-state index contributed by atoms with van der Waals surface area (Å²) in [5, 5.41) is 12.0. The predicted octanol–water partition coefficient (Wildman–Crippen LogP) is 1.21. The number of carboxylic acid groups (broad SMARTS) is 1. The van der Waals surface area contributed by atoms with Crippen LogP contribution in [0.25, 0.3) is 0 Å². The molecule has 1 N–H and O–H groups in total. The van der Waals surface area contributed by atoms with Crippen LogP contribution in [0.1, 0.15) is 18.3 Å². The SMILES string of the molecule is Cc1nn(C)c(CS(=O)C(C)C(=O)O)c1Br. The highest BCUT2D eigenvalue weighted by Crippen LogP contribution is 2.22. The van der Waals surface area contributed by atoms with Crippen molar-refractivity contribution in [3.63, 3.8) is 0 Å². The highest BCUT2D eigenvalue weighted by molar-refractivity contribution is 9.10. The minimum absolute atomic E-state index is 0.186. The number of hydrogen-bond acceptors (Lipinski definition) is 3. The number of hydrogen-bond donors (Lipinski definition) is 1. The van der Waals surface area contributed by atoms with E-state index in [1.54, 1.807) is 11.7 Å². The van der Waals surface area contributed by atoms with Gasteiger partial charge < -0.3 is 5.11 Å². The molecule has 0 saturated carbocycles. The largest absolute Gasteiger partial charge is 0.480 e. The third-order valence-electron chi connectivity index (χ3n) is 2.28. The molecule has 0 amide bonds. The summed E-state index contributed by atoms with van der Waals surface area (Å²) in [4.78, 5) is 10.7. The topological polar surface area (TPSA) is 72.2 Å². The summed E-state index contributed by atoms with van der Waals surface area (Å²) in [6.45, 7) is 3.27. The number of aryl methyl sites for hydroxylation is 2. The Morgan fingerprint density at radius 1 is 1.69 bits per heavy atom. The zero-order chi connectivity index (χ0) is 12.5. The molecule has 0 saturated heterocycles. The van der Waals surface area contributed by atoms with E-state index >= 15 is 0 Å². The molecule has 90 valence electrons. The van der Waals surface area contributed by atoms with Crippen LogP contribution in [-0.4, -0.2) is 30.3 Å². The zero-order valence-corrected chi connectivity index (χ0v) is 11.6. The van der Waals surface area contributed by atoms with Crippen LogP contribution in [0.2, 0.25) is 0 Å². The van der Waals surface area contributed by atoms with E-state index in [4.69, 9.17) is 5.11 Å². The van der Waals surface area contributed by atoms with Crippen molar-refractivity contribution < 1.29 is 14.1 Å². The standard InChI is InChI=1S/C9H13BrN2O3S/c1-5-8(10)7(12(3)11-5)4-16(15)6(2)9(13)14/h6H,4H2,1-3H3,(H,13,14). The Morgan fingerprint density at radius 3 is 2.62 bits per heavy atom. The summed E-state index contributed by atoms with van der Waals surface area (Å²) < 4.78 is 14.1. The summed E-state index contributed by atoms with van der Waals surface area (Å²) >= 11 is 3.35. The Morgan fingerprint density at radius 2 is 2.25 bits per heavy atom. The van der Waals surface area contributed by atoms with Crippen LogP contribution in [0.4, 0.5) is 0 Å². The van der Waals surface area contributed by atoms with Gasteiger partial charge in [0.05, 0.1) is 21.6 Å². The van der Waals surface area contributed by atoms with E-state index in [1.165, 1.54) is 6.92 Å². The van der Waals surface area contributed by atoms with E-state index < -0.39 is 22.0 Å². The molecule has 5 nitrogen and oxygen atoms in total. The van der Waals surface area contributed by atoms with Crippen LogP contribution in [-0.2, 0) is 28.4 Å². The maximum atomic E-state index is 11.7. The lowest BCUT2D eigenvalue weighted by atomic mass is 10.4. The molecule has 0 aliphatic heterocycles. The van der Waals surface area contributed by atoms with E-state index in [0.29, 0.717) is 0 Å². The number of aromatic nitrogens is 2. The third-order valence-corrected chi connectivity index (χ3v) is 4.86. The first-order valence-electron chi connectivity index (χ1n) is 4.62. The average Bonchev–Trinajstić information content (AvgIpc) is 2.43. The fraction of sp³-hybridized carbons (Fsp3) is 0.556. The summed E-state index contributed by atoms with van der Waals surface area (Å²) in [7, 11) is 0.302. The van der Waals surface area contributed by atoms with E-state index in [2.05, 4.69) is 21.0 Å². The molecule has 1 rings (SSSR count). The number of rotatable bonds is 4. The van der Waals surface area contributed by atoms with Gasteiger partial charge in [0.25, 0.3) is 0 Å². The van der Waals surface area contributed by atoms with Gasteiger partial charge >= 0.3 is 5.97 Å². The smallest absolute Gasteiger partial charge is 0.318 e. The van der Waals surface area contributed by atoms with Crippen molar-refractivity contribution >= 4 is 32.7 Å². The monoisotopic (exact) mass is 308 g/mol. The summed E-state index contributed by atoms with van der Waals surface area (Å²) in [5.41, 5.74) is 1.56. The van der Waals surface area contributed by atoms with E-state index in [9.17, 15) is 9.00 Å². The van der Waals surface area contributed by atoms with E-state index in [0.717, 1.165) is 15.9 Å². The lowest BCUT2D eigenvalue weighted by molar-refractivity contribution is -0.136. The highest BCUT2D eigenvalue weighted by Gasteiger charge is 2.22. The molecule has 0 fully saturated rings. The van der Waals surface area contributed by atoms with Crippen molar-refractivity contribution in [2.75, 3.05) is 0 Å². The fourth-order valence-corrected chi connectivity index (χ4v) is 2.95. The van der Waals surface area contributed by atoms with Crippen LogP contribution in [0.3, 0.4) is 0 Å². The van der Waals surface area contributed by atoms with Gasteiger partial charge in [-0.2, -0.15) is 5.10 Å². The first-order valence-corrected chi connectivity index (χ1v) is 6.80. The Kier molecular flexibility index (Phi) is 4.26.